The highest BCUT2D eigenvalue weighted by Crippen LogP contribution is 2.21. The molecule has 0 radical (unpaired) electrons. The molecule has 0 amide bonds. The van der Waals surface area contributed by atoms with Crippen LogP contribution in [0.5, 0.6) is 0 Å². The average molecular weight is 270 g/mol. The van der Waals surface area contributed by atoms with Crippen LogP contribution in [0.2, 0.25) is 0 Å². The van der Waals surface area contributed by atoms with Crippen molar-refractivity contribution in [3.63, 3.8) is 0 Å². The Labute approximate surface area is 110 Å². The Hall–Kier alpha value is -1.10. The van der Waals surface area contributed by atoms with E-state index >= 15 is 0 Å². The molecule has 18 heavy (non-hydrogen) atoms. The maximum atomic E-state index is 11.0. The van der Waals surface area contributed by atoms with E-state index < -0.39 is 9.84 Å². The molecule has 102 valence electrons. The third-order valence-electron chi connectivity index (χ3n) is 2.63. The van der Waals surface area contributed by atoms with Gasteiger partial charge in [-0.2, -0.15) is 0 Å². The minimum Gasteiger partial charge on any atom is -0.370 e. The summed E-state index contributed by atoms with van der Waals surface area (Å²) < 4.78 is 21.9. The van der Waals surface area contributed by atoms with Crippen LogP contribution in [-0.4, -0.2) is 32.0 Å². The van der Waals surface area contributed by atoms with E-state index in [1.54, 1.807) is 0 Å². The maximum absolute atomic E-state index is 11.0. The summed E-state index contributed by atoms with van der Waals surface area (Å²) in [5.41, 5.74) is 1.28. The number of hydrogen-bond donors (Lipinski definition) is 1. The van der Waals surface area contributed by atoms with Gasteiger partial charge >= 0.3 is 0 Å². The molecular formula is C13H22N2O2S. The molecule has 1 N–H and O–H groups in total. The molecule has 0 aliphatic heterocycles. The van der Waals surface area contributed by atoms with Crippen LogP contribution < -0.4 is 5.32 Å². The minimum absolute atomic E-state index is 0.0990. The van der Waals surface area contributed by atoms with E-state index in [2.05, 4.69) is 31.1 Å². The van der Waals surface area contributed by atoms with Crippen LogP contribution in [0, 0.1) is 0 Å². The molecular weight excluding hydrogens is 248 g/mol. The average Bonchev–Trinajstić information content (AvgIpc) is 2.22. The number of nitrogens with zero attached hydrogens (tertiary/aromatic N) is 1. The van der Waals surface area contributed by atoms with Gasteiger partial charge in [-0.1, -0.05) is 26.8 Å². The number of anilines is 1. The first kappa shape index (κ1) is 15.0. The molecule has 1 heterocycles. The Bertz CT molecular complexity index is 473. The Kier molecular flexibility index (Phi) is 4.73. The predicted molar refractivity (Wildman–Crippen MR) is 75.8 cm³/mol. The number of nitrogens with one attached hydrogen (secondary N) is 1. The first-order valence-corrected chi connectivity index (χ1v) is 8.13. The minimum atomic E-state index is -2.87. The Morgan fingerprint density at radius 2 is 1.94 bits per heavy atom. The molecule has 0 fully saturated rings. The molecule has 0 aliphatic rings. The molecule has 0 atom stereocenters. The van der Waals surface area contributed by atoms with Crippen LogP contribution in [-0.2, 0) is 15.3 Å². The molecule has 0 spiro atoms. The lowest BCUT2D eigenvalue weighted by molar-refractivity contribution is 0.587. The van der Waals surface area contributed by atoms with Crippen molar-refractivity contribution in [3.05, 3.63) is 23.9 Å². The molecule has 0 unspecified atom stereocenters. The topological polar surface area (TPSA) is 59.1 Å². The van der Waals surface area contributed by atoms with E-state index in [9.17, 15) is 8.42 Å². The van der Waals surface area contributed by atoms with Crippen LogP contribution in [0.3, 0.4) is 0 Å². The van der Waals surface area contributed by atoms with Crippen LogP contribution in [0.1, 0.15) is 32.8 Å². The van der Waals surface area contributed by atoms with E-state index in [1.807, 2.05) is 18.3 Å². The van der Waals surface area contributed by atoms with Gasteiger partial charge in [0.2, 0.25) is 0 Å². The van der Waals surface area contributed by atoms with Crippen molar-refractivity contribution in [2.45, 2.75) is 32.6 Å². The summed E-state index contributed by atoms with van der Waals surface area (Å²) in [6.07, 6.45) is 3.71. The zero-order chi connectivity index (χ0) is 13.8. The Morgan fingerprint density at radius 3 is 2.39 bits per heavy atom. The van der Waals surface area contributed by atoms with Crippen LogP contribution in [0.25, 0.3) is 0 Å². The van der Waals surface area contributed by atoms with Gasteiger partial charge in [0, 0.05) is 19.0 Å². The van der Waals surface area contributed by atoms with E-state index in [1.165, 1.54) is 11.8 Å². The highest BCUT2D eigenvalue weighted by Gasteiger charge is 2.13. The summed E-state index contributed by atoms with van der Waals surface area (Å²) in [7, 11) is -2.87. The second-order valence-electron chi connectivity index (χ2n) is 5.59. The van der Waals surface area contributed by atoms with Gasteiger partial charge in [0.1, 0.15) is 15.7 Å². The van der Waals surface area contributed by atoms with Gasteiger partial charge in [-0.15, -0.1) is 0 Å². The lowest BCUT2D eigenvalue weighted by Gasteiger charge is -2.18. The number of aromatic nitrogens is 1. The Morgan fingerprint density at radius 1 is 1.28 bits per heavy atom. The van der Waals surface area contributed by atoms with Gasteiger partial charge in [-0.25, -0.2) is 13.4 Å². The van der Waals surface area contributed by atoms with Gasteiger partial charge < -0.3 is 5.32 Å². The second kappa shape index (κ2) is 5.69. The third kappa shape index (κ3) is 5.49. The van der Waals surface area contributed by atoms with Gasteiger partial charge in [0.05, 0.1) is 5.75 Å². The van der Waals surface area contributed by atoms with Crippen molar-refractivity contribution in [3.8, 4) is 0 Å². The fourth-order valence-electron chi connectivity index (χ4n) is 1.49. The molecule has 0 aliphatic carbocycles. The van der Waals surface area contributed by atoms with E-state index in [4.69, 9.17) is 0 Å². The van der Waals surface area contributed by atoms with Gasteiger partial charge in [-0.05, 0) is 23.5 Å². The molecule has 1 aromatic heterocycles. The summed E-state index contributed by atoms with van der Waals surface area (Å²) >= 11 is 0. The van der Waals surface area contributed by atoms with Crippen molar-refractivity contribution in [2.24, 2.45) is 0 Å². The summed E-state index contributed by atoms with van der Waals surface area (Å²) in [4.78, 5) is 4.32. The molecule has 1 aromatic rings. The van der Waals surface area contributed by atoms with Crippen molar-refractivity contribution >= 4 is 15.7 Å². The van der Waals surface area contributed by atoms with Crippen molar-refractivity contribution < 1.29 is 8.42 Å². The highest BCUT2D eigenvalue weighted by atomic mass is 32.2. The molecule has 0 saturated carbocycles. The summed E-state index contributed by atoms with van der Waals surface area (Å²) in [5, 5.41) is 3.12. The molecule has 5 heteroatoms. The molecule has 0 bridgehead atoms. The van der Waals surface area contributed by atoms with E-state index in [0.717, 1.165) is 5.82 Å². The fourth-order valence-corrected chi connectivity index (χ4v) is 2.16. The molecule has 1 rings (SSSR count). The standard InChI is InChI=1S/C13H22N2O2S/c1-13(2,3)11-6-7-12(15-10-11)14-8-5-9-18(4,16)17/h6-7,10H,5,8-9H2,1-4H3,(H,14,15). The monoisotopic (exact) mass is 270 g/mol. The first-order chi connectivity index (χ1) is 8.18. The zero-order valence-electron chi connectivity index (χ0n) is 11.5. The summed E-state index contributed by atoms with van der Waals surface area (Å²) in [6, 6.07) is 3.98. The quantitative estimate of drug-likeness (QED) is 0.834. The van der Waals surface area contributed by atoms with E-state index in [0.29, 0.717) is 13.0 Å². The molecule has 0 saturated heterocycles. The van der Waals surface area contributed by atoms with Crippen LogP contribution in [0.4, 0.5) is 5.82 Å². The van der Waals surface area contributed by atoms with Crippen LogP contribution in [0.15, 0.2) is 18.3 Å². The van der Waals surface area contributed by atoms with Gasteiger partial charge in [0.25, 0.3) is 0 Å². The van der Waals surface area contributed by atoms with Crippen molar-refractivity contribution in [1.29, 1.82) is 0 Å². The lowest BCUT2D eigenvalue weighted by atomic mass is 9.88. The zero-order valence-corrected chi connectivity index (χ0v) is 12.3. The first-order valence-electron chi connectivity index (χ1n) is 6.06. The Balaban J connectivity index is 2.45. The smallest absolute Gasteiger partial charge is 0.147 e. The molecule has 0 aromatic carbocycles. The number of sulfone groups is 1. The van der Waals surface area contributed by atoms with Crippen molar-refractivity contribution in [2.75, 3.05) is 23.9 Å². The van der Waals surface area contributed by atoms with Crippen molar-refractivity contribution in [1.82, 2.24) is 4.98 Å². The summed E-state index contributed by atoms with van der Waals surface area (Å²) in [6.45, 7) is 7.05. The lowest BCUT2D eigenvalue weighted by Crippen LogP contribution is -2.13. The third-order valence-corrected chi connectivity index (χ3v) is 3.66. The number of hydrogen-bond acceptors (Lipinski definition) is 4. The largest absolute Gasteiger partial charge is 0.370 e. The maximum Gasteiger partial charge on any atom is 0.147 e. The second-order valence-corrected chi connectivity index (χ2v) is 7.85. The highest BCUT2D eigenvalue weighted by molar-refractivity contribution is 7.90. The number of pyridine rings is 1. The van der Waals surface area contributed by atoms with Gasteiger partial charge in [0.15, 0.2) is 0 Å². The SMILES string of the molecule is CC(C)(C)c1ccc(NCCCS(C)(=O)=O)nc1. The fraction of sp³-hybridized carbons (Fsp3) is 0.615. The number of rotatable bonds is 5. The summed E-state index contributed by atoms with van der Waals surface area (Å²) in [5.74, 6) is 0.997. The molecule has 4 nitrogen and oxygen atoms in total. The normalized spacial score (nSPS) is 12.4. The van der Waals surface area contributed by atoms with Crippen LogP contribution >= 0.6 is 0 Å². The van der Waals surface area contributed by atoms with E-state index in [-0.39, 0.29) is 11.2 Å². The van der Waals surface area contributed by atoms with Gasteiger partial charge in [-0.3, -0.25) is 0 Å². The predicted octanol–water partition coefficient (Wildman–Crippen LogP) is 2.23.